The molecule has 0 unspecified atom stereocenters. The number of hydrogen-bond acceptors (Lipinski definition) is 8. The molecule has 4 aromatic carbocycles. The van der Waals surface area contributed by atoms with Gasteiger partial charge in [0.05, 0.1) is 71.8 Å². The summed E-state index contributed by atoms with van der Waals surface area (Å²) < 4.78 is 5.47. The van der Waals surface area contributed by atoms with Crippen LogP contribution in [-0.2, 0) is 20.1 Å². The van der Waals surface area contributed by atoms with Gasteiger partial charge in [0.1, 0.15) is 11.0 Å². The second kappa shape index (κ2) is 14.3. The fourth-order valence-electron chi connectivity index (χ4n) is 7.06. The number of aryl methyl sites for hydroxylation is 2. The van der Waals surface area contributed by atoms with Crippen LogP contribution in [0.5, 0.6) is 0 Å². The van der Waals surface area contributed by atoms with E-state index in [9.17, 15) is 9.59 Å². The van der Waals surface area contributed by atoms with Crippen LogP contribution in [-0.4, -0.2) is 48.8 Å². The number of hydrogen-bond donors (Lipinski definition) is 1. The van der Waals surface area contributed by atoms with Crippen LogP contribution in [0.25, 0.3) is 66.3 Å². The lowest BCUT2D eigenvalue weighted by atomic mass is 10.0. The minimum atomic E-state index is -0.127. The second-order valence-electron chi connectivity index (χ2n) is 13.6. The molecule has 10 rings (SSSR count). The number of pyridine rings is 2. The maximum Gasteiger partial charge on any atom is 0.269 e. The van der Waals surface area contributed by atoms with Crippen molar-refractivity contribution in [3.8, 4) is 22.3 Å². The summed E-state index contributed by atoms with van der Waals surface area (Å²) in [6, 6.07) is 32.6. The maximum atomic E-state index is 12.4. The van der Waals surface area contributed by atoms with Crippen LogP contribution < -0.4 is 11.1 Å². The average Bonchev–Trinajstić information content (AvgIpc) is 3.81. The molecule has 1 N–H and O–H groups in total. The van der Waals surface area contributed by atoms with E-state index < -0.39 is 0 Å². The van der Waals surface area contributed by atoms with Gasteiger partial charge in [-0.15, -0.1) is 0 Å². The molecule has 12 heteroatoms. The average molecular weight is 735 g/mol. The number of rotatable bonds is 6. The number of aromatic amines is 1. The summed E-state index contributed by atoms with van der Waals surface area (Å²) >= 11 is 0. The van der Waals surface area contributed by atoms with E-state index in [1.807, 2.05) is 67.3 Å². The number of aromatic nitrogens is 10. The standard InChI is InChI=1S/2C22H17N5O/c1-26-14-25-18-6-5-17(10-21(18)26)16-4-2-3-15(9-16)13-27-20-7-8-23-11-19(20)24-12-22(27)28;1-14-18-6-5-17(10-19(18)26-25-14)16-4-2-3-15(9-16)13-27-21-7-8-23-11-20(21)24-12-22(27)28/h2-12,14H,13H2,1H3;2-12H,13H2,1H3,(H,25,26). The van der Waals surface area contributed by atoms with Gasteiger partial charge in [-0.05, 0) is 82.8 Å². The van der Waals surface area contributed by atoms with Crippen LogP contribution in [0, 0.1) is 6.92 Å². The number of nitrogens with one attached hydrogen (secondary N) is 1. The third-order valence-corrected chi connectivity index (χ3v) is 9.97. The van der Waals surface area contributed by atoms with Crippen LogP contribution in [0.2, 0.25) is 0 Å². The van der Waals surface area contributed by atoms with E-state index >= 15 is 0 Å². The highest BCUT2D eigenvalue weighted by molar-refractivity contribution is 5.86. The summed E-state index contributed by atoms with van der Waals surface area (Å²) in [6.07, 6.45) is 11.2. The molecule has 6 aromatic heterocycles. The Hall–Kier alpha value is -7.60. The molecule has 0 atom stereocenters. The maximum absolute atomic E-state index is 12.4. The highest BCUT2D eigenvalue weighted by Crippen LogP contribution is 2.27. The first-order valence-corrected chi connectivity index (χ1v) is 18.0. The molecule has 0 aliphatic heterocycles. The topological polar surface area (TPSA) is 142 Å². The molecule has 0 saturated carbocycles. The fourth-order valence-corrected chi connectivity index (χ4v) is 7.06. The molecular formula is C44H34N10O2. The van der Waals surface area contributed by atoms with Gasteiger partial charge in [-0.1, -0.05) is 54.6 Å². The molecule has 12 nitrogen and oxygen atoms in total. The smallest absolute Gasteiger partial charge is 0.269 e. The van der Waals surface area contributed by atoms with Crippen LogP contribution in [0.4, 0.5) is 0 Å². The molecule has 0 aliphatic carbocycles. The Bertz CT molecular complexity index is 3200. The van der Waals surface area contributed by atoms with Gasteiger partial charge >= 0.3 is 0 Å². The minimum Gasteiger partial charge on any atom is -0.334 e. The normalized spacial score (nSPS) is 11.3. The van der Waals surface area contributed by atoms with E-state index in [1.165, 1.54) is 12.4 Å². The lowest BCUT2D eigenvalue weighted by molar-refractivity contribution is 0.786. The molecule has 0 radical (unpaired) electrons. The van der Waals surface area contributed by atoms with Gasteiger partial charge in [0.25, 0.3) is 11.1 Å². The molecule has 0 aliphatic rings. The zero-order valence-corrected chi connectivity index (χ0v) is 30.5. The minimum absolute atomic E-state index is 0.125. The summed E-state index contributed by atoms with van der Waals surface area (Å²) in [4.78, 5) is 45.7. The van der Waals surface area contributed by atoms with Gasteiger partial charge in [-0.2, -0.15) is 5.10 Å². The Labute approximate surface area is 319 Å². The van der Waals surface area contributed by atoms with Gasteiger partial charge in [0.15, 0.2) is 0 Å². The van der Waals surface area contributed by atoms with E-state index in [4.69, 9.17) is 0 Å². The monoisotopic (exact) mass is 734 g/mol. The van der Waals surface area contributed by atoms with E-state index in [0.717, 1.165) is 72.0 Å². The Kier molecular flexibility index (Phi) is 8.75. The number of fused-ring (bicyclic) bond motifs is 4. The first-order chi connectivity index (χ1) is 27.4. The van der Waals surface area contributed by atoms with Crippen molar-refractivity contribution < 1.29 is 0 Å². The second-order valence-corrected chi connectivity index (χ2v) is 13.6. The van der Waals surface area contributed by atoms with Crippen molar-refractivity contribution in [1.29, 1.82) is 0 Å². The molecule has 56 heavy (non-hydrogen) atoms. The van der Waals surface area contributed by atoms with E-state index in [1.54, 1.807) is 33.9 Å². The Balaban J connectivity index is 0.000000146. The molecule has 0 bridgehead atoms. The largest absolute Gasteiger partial charge is 0.334 e. The molecule has 0 spiro atoms. The summed E-state index contributed by atoms with van der Waals surface area (Å²) in [7, 11) is 1.99. The SMILES string of the molecule is Cc1[nH]nc2cc(-c3cccc(Cn4c(=O)cnc5cnccc54)c3)ccc12.Cn1cnc2ccc(-c3cccc(Cn4c(=O)cnc5cnccc54)c3)cc21. The van der Waals surface area contributed by atoms with Gasteiger partial charge < -0.3 is 13.7 Å². The van der Waals surface area contributed by atoms with Gasteiger partial charge in [0.2, 0.25) is 0 Å². The lowest BCUT2D eigenvalue weighted by Gasteiger charge is -2.11. The zero-order valence-electron chi connectivity index (χ0n) is 30.5. The third kappa shape index (κ3) is 6.60. The highest BCUT2D eigenvalue weighted by Gasteiger charge is 2.10. The predicted octanol–water partition coefficient (Wildman–Crippen LogP) is 7.09. The predicted molar refractivity (Wildman–Crippen MR) is 218 cm³/mol. The first-order valence-electron chi connectivity index (χ1n) is 18.0. The van der Waals surface area contributed by atoms with Crippen molar-refractivity contribution in [2.75, 3.05) is 0 Å². The zero-order chi connectivity index (χ0) is 38.2. The molecule has 0 amide bonds. The van der Waals surface area contributed by atoms with Crippen LogP contribution >= 0.6 is 0 Å². The van der Waals surface area contributed by atoms with Gasteiger partial charge in [-0.3, -0.25) is 24.7 Å². The number of imidazole rings is 1. The summed E-state index contributed by atoms with van der Waals surface area (Å²) in [6.45, 7) is 2.96. The number of nitrogens with zero attached hydrogens (tertiary/aromatic N) is 9. The molecule has 0 saturated heterocycles. The fraction of sp³-hybridized carbons (Fsp3) is 0.0909. The van der Waals surface area contributed by atoms with Crippen molar-refractivity contribution in [2.24, 2.45) is 7.05 Å². The van der Waals surface area contributed by atoms with Crippen molar-refractivity contribution >= 4 is 44.0 Å². The number of benzene rings is 4. The molecule has 6 heterocycles. The first kappa shape index (κ1) is 34.2. The van der Waals surface area contributed by atoms with Crippen LogP contribution in [0.1, 0.15) is 16.8 Å². The summed E-state index contributed by atoms with van der Waals surface area (Å²) in [5.41, 5.74) is 13.3. The highest BCUT2D eigenvalue weighted by atomic mass is 16.1. The van der Waals surface area contributed by atoms with E-state index in [-0.39, 0.29) is 11.1 Å². The summed E-state index contributed by atoms with van der Waals surface area (Å²) in [5, 5.41) is 8.51. The third-order valence-electron chi connectivity index (χ3n) is 9.97. The van der Waals surface area contributed by atoms with Gasteiger partial charge in [0, 0.05) is 30.5 Å². The Morgan fingerprint density at radius 2 is 1.12 bits per heavy atom. The Morgan fingerprint density at radius 1 is 0.554 bits per heavy atom. The van der Waals surface area contributed by atoms with Crippen LogP contribution in [0.15, 0.2) is 150 Å². The molecule has 272 valence electrons. The Morgan fingerprint density at radius 3 is 1.75 bits per heavy atom. The molecular weight excluding hydrogens is 701 g/mol. The van der Waals surface area contributed by atoms with Crippen molar-refractivity contribution in [3.63, 3.8) is 0 Å². The lowest BCUT2D eigenvalue weighted by Crippen LogP contribution is -2.21. The quantitative estimate of drug-likeness (QED) is 0.191. The molecule has 0 fully saturated rings. The molecule has 10 aromatic rings. The summed E-state index contributed by atoms with van der Waals surface area (Å²) in [5.74, 6) is 0. The van der Waals surface area contributed by atoms with Gasteiger partial charge in [-0.25, -0.2) is 15.0 Å². The van der Waals surface area contributed by atoms with Crippen LogP contribution in [0.3, 0.4) is 0 Å². The van der Waals surface area contributed by atoms with E-state index in [0.29, 0.717) is 24.1 Å². The van der Waals surface area contributed by atoms with E-state index in [2.05, 4.69) is 89.7 Å². The van der Waals surface area contributed by atoms with Crippen molar-refractivity contribution in [1.82, 2.24) is 48.8 Å². The number of H-pyrrole nitrogens is 1. The van der Waals surface area contributed by atoms with Crippen molar-refractivity contribution in [2.45, 2.75) is 20.0 Å². The van der Waals surface area contributed by atoms with Crippen molar-refractivity contribution in [3.05, 3.63) is 178 Å².